The van der Waals surface area contributed by atoms with Crippen molar-refractivity contribution in [3.63, 3.8) is 0 Å². The Morgan fingerprint density at radius 3 is 2.75 bits per heavy atom. The van der Waals surface area contributed by atoms with Crippen molar-refractivity contribution in [1.82, 2.24) is 9.97 Å². The van der Waals surface area contributed by atoms with Crippen molar-refractivity contribution in [1.29, 1.82) is 0 Å². The van der Waals surface area contributed by atoms with Gasteiger partial charge in [-0.25, -0.2) is 4.98 Å². The summed E-state index contributed by atoms with van der Waals surface area (Å²) in [7, 11) is 1.66. The lowest BCUT2D eigenvalue weighted by molar-refractivity contribution is -0.385. The Morgan fingerprint density at radius 1 is 1.35 bits per heavy atom. The predicted octanol–water partition coefficient (Wildman–Crippen LogP) is 3.74. The fourth-order valence-electron chi connectivity index (χ4n) is 1.38. The average Bonchev–Trinajstić information content (AvgIpc) is 2.43. The lowest BCUT2D eigenvalue weighted by atomic mass is 10.3. The lowest BCUT2D eigenvalue weighted by Crippen LogP contribution is -2.00. The highest BCUT2D eigenvalue weighted by Crippen LogP contribution is 2.39. The van der Waals surface area contributed by atoms with E-state index in [4.69, 9.17) is 4.74 Å². The number of nitrogens with zero attached hydrogens (tertiary/aromatic N) is 3. The zero-order chi connectivity index (χ0) is 14.7. The first-order chi connectivity index (χ1) is 9.52. The maximum atomic E-state index is 11.0. The van der Waals surface area contributed by atoms with E-state index in [1.807, 2.05) is 0 Å². The minimum absolute atomic E-state index is 0.0824. The first kappa shape index (κ1) is 14.7. The zero-order valence-electron chi connectivity index (χ0n) is 10.1. The average molecular weight is 404 g/mol. The van der Waals surface area contributed by atoms with E-state index in [1.54, 1.807) is 19.2 Å². The number of para-hydroxylation sites is 1. The molecule has 1 aromatic heterocycles. The van der Waals surface area contributed by atoms with E-state index in [9.17, 15) is 10.1 Å². The summed E-state index contributed by atoms with van der Waals surface area (Å²) in [5.74, 6) is 0.608. The summed E-state index contributed by atoms with van der Waals surface area (Å²) in [6.07, 6.45) is 1.50. The number of nitro groups is 1. The Balaban J connectivity index is 2.47. The van der Waals surface area contributed by atoms with E-state index in [1.165, 1.54) is 12.3 Å². The zero-order valence-corrected chi connectivity index (χ0v) is 13.3. The third kappa shape index (κ3) is 3.05. The van der Waals surface area contributed by atoms with Crippen LogP contribution in [-0.4, -0.2) is 21.9 Å². The summed E-state index contributed by atoms with van der Waals surface area (Å²) in [4.78, 5) is 18.6. The molecule has 0 saturated heterocycles. The van der Waals surface area contributed by atoms with Gasteiger partial charge in [0.2, 0.25) is 17.6 Å². The Bertz CT molecular complexity index is 666. The number of anilines is 1. The number of hydrogen-bond acceptors (Lipinski definition) is 6. The van der Waals surface area contributed by atoms with Crippen LogP contribution in [-0.2, 0) is 0 Å². The van der Waals surface area contributed by atoms with Gasteiger partial charge in [-0.1, -0.05) is 6.07 Å². The van der Waals surface area contributed by atoms with Crippen LogP contribution in [0.1, 0.15) is 0 Å². The molecule has 0 aliphatic rings. The molecule has 0 aliphatic heterocycles. The van der Waals surface area contributed by atoms with E-state index in [0.717, 1.165) is 0 Å². The van der Waals surface area contributed by atoms with Gasteiger partial charge in [0.25, 0.3) is 0 Å². The van der Waals surface area contributed by atoms with Gasteiger partial charge in [0.15, 0.2) is 0 Å². The van der Waals surface area contributed by atoms with E-state index in [2.05, 4.69) is 47.1 Å². The van der Waals surface area contributed by atoms with Crippen LogP contribution in [0.5, 0.6) is 11.6 Å². The monoisotopic (exact) mass is 402 g/mol. The van der Waals surface area contributed by atoms with Crippen LogP contribution in [0, 0.1) is 10.1 Å². The highest BCUT2D eigenvalue weighted by Gasteiger charge is 2.20. The molecule has 0 unspecified atom stereocenters. The van der Waals surface area contributed by atoms with Crippen molar-refractivity contribution >= 4 is 43.5 Å². The molecule has 7 nitrogen and oxygen atoms in total. The molecule has 104 valence electrons. The number of halogens is 2. The number of aromatic nitrogens is 2. The van der Waals surface area contributed by atoms with Crippen molar-refractivity contribution in [3.05, 3.63) is 43.5 Å². The van der Waals surface area contributed by atoms with E-state index < -0.39 is 4.92 Å². The molecule has 0 saturated carbocycles. The molecule has 9 heteroatoms. The molecular weight excluding hydrogens is 396 g/mol. The van der Waals surface area contributed by atoms with Crippen molar-refractivity contribution < 1.29 is 9.66 Å². The Morgan fingerprint density at radius 2 is 2.10 bits per heavy atom. The maximum Gasteiger partial charge on any atom is 0.312 e. The van der Waals surface area contributed by atoms with Gasteiger partial charge in [0, 0.05) is 13.1 Å². The second-order valence-corrected chi connectivity index (χ2v) is 5.25. The number of benzene rings is 1. The summed E-state index contributed by atoms with van der Waals surface area (Å²) in [5.41, 5.74) is -0.157. The van der Waals surface area contributed by atoms with Gasteiger partial charge in [-0.15, -0.1) is 0 Å². The van der Waals surface area contributed by atoms with Gasteiger partial charge in [0.05, 0.1) is 20.1 Å². The fourth-order valence-corrected chi connectivity index (χ4v) is 2.09. The number of nitro benzene ring substituents is 1. The molecule has 0 bridgehead atoms. The second-order valence-electron chi connectivity index (χ2n) is 3.54. The van der Waals surface area contributed by atoms with Crippen LogP contribution in [0.4, 0.5) is 11.6 Å². The molecule has 0 spiro atoms. The van der Waals surface area contributed by atoms with Crippen LogP contribution < -0.4 is 10.1 Å². The molecule has 1 aromatic carbocycles. The molecule has 2 aromatic rings. The van der Waals surface area contributed by atoms with Crippen molar-refractivity contribution in [2.24, 2.45) is 0 Å². The van der Waals surface area contributed by atoms with E-state index in [-0.39, 0.29) is 17.3 Å². The van der Waals surface area contributed by atoms with Crippen LogP contribution in [0.3, 0.4) is 0 Å². The van der Waals surface area contributed by atoms with E-state index >= 15 is 0 Å². The maximum absolute atomic E-state index is 11.0. The molecule has 1 N–H and O–H groups in total. The smallest absolute Gasteiger partial charge is 0.312 e. The number of nitrogens with one attached hydrogen (secondary N) is 1. The van der Waals surface area contributed by atoms with Gasteiger partial charge in [0.1, 0.15) is 0 Å². The van der Waals surface area contributed by atoms with Gasteiger partial charge in [-0.2, -0.15) is 4.98 Å². The standard InChI is InChI=1S/C11H8Br2N4O3/c1-14-11-15-5-7(13)10(16-11)20-9-6(12)3-2-4-8(9)17(18)19/h2-5H,1H3,(H,14,15,16). The largest absolute Gasteiger partial charge is 0.429 e. The number of rotatable bonds is 4. The van der Waals surface area contributed by atoms with Crippen LogP contribution in [0.15, 0.2) is 33.3 Å². The number of ether oxygens (including phenoxy) is 1. The molecule has 0 aliphatic carbocycles. The summed E-state index contributed by atoms with van der Waals surface area (Å²) in [6, 6.07) is 4.56. The Hall–Kier alpha value is -1.74. The molecular formula is C11H8Br2N4O3. The Labute approximate surface area is 130 Å². The van der Waals surface area contributed by atoms with Gasteiger partial charge in [-0.05, 0) is 37.9 Å². The van der Waals surface area contributed by atoms with Crippen molar-refractivity contribution in [3.8, 4) is 11.6 Å². The molecule has 0 radical (unpaired) electrons. The highest BCUT2D eigenvalue weighted by molar-refractivity contribution is 9.11. The Kier molecular flexibility index (Phi) is 4.50. The minimum Gasteiger partial charge on any atom is -0.429 e. The molecule has 0 amide bonds. The predicted molar refractivity (Wildman–Crippen MR) is 80.1 cm³/mol. The third-order valence-electron chi connectivity index (χ3n) is 2.28. The van der Waals surface area contributed by atoms with Crippen molar-refractivity contribution in [2.45, 2.75) is 0 Å². The SMILES string of the molecule is CNc1ncc(Br)c(Oc2c(Br)cccc2[N+](=O)[O-])n1. The summed E-state index contributed by atoms with van der Waals surface area (Å²) in [5, 5.41) is 13.8. The van der Waals surface area contributed by atoms with Gasteiger partial charge in [-0.3, -0.25) is 10.1 Å². The highest BCUT2D eigenvalue weighted by atomic mass is 79.9. The van der Waals surface area contributed by atoms with Gasteiger partial charge >= 0.3 is 5.69 Å². The lowest BCUT2D eigenvalue weighted by Gasteiger charge is -2.09. The first-order valence-electron chi connectivity index (χ1n) is 5.34. The molecule has 0 fully saturated rings. The quantitative estimate of drug-likeness (QED) is 0.617. The minimum atomic E-state index is -0.520. The fraction of sp³-hybridized carbons (Fsp3) is 0.0909. The van der Waals surface area contributed by atoms with Crippen LogP contribution in [0.25, 0.3) is 0 Å². The second kappa shape index (κ2) is 6.14. The van der Waals surface area contributed by atoms with E-state index in [0.29, 0.717) is 14.9 Å². The van der Waals surface area contributed by atoms with Gasteiger partial charge < -0.3 is 10.1 Å². The summed E-state index contributed by atoms with van der Waals surface area (Å²) >= 11 is 6.47. The third-order valence-corrected chi connectivity index (χ3v) is 3.45. The molecule has 0 atom stereocenters. The van der Waals surface area contributed by atoms with Crippen LogP contribution >= 0.6 is 31.9 Å². The molecule has 20 heavy (non-hydrogen) atoms. The number of hydrogen-bond donors (Lipinski definition) is 1. The molecule has 2 rings (SSSR count). The van der Waals surface area contributed by atoms with Crippen LogP contribution in [0.2, 0.25) is 0 Å². The summed E-state index contributed by atoms with van der Waals surface area (Å²) in [6.45, 7) is 0. The molecule has 1 heterocycles. The topological polar surface area (TPSA) is 90.2 Å². The normalized spacial score (nSPS) is 10.2. The summed E-state index contributed by atoms with van der Waals surface area (Å²) < 4.78 is 6.50. The van der Waals surface area contributed by atoms with Crippen molar-refractivity contribution in [2.75, 3.05) is 12.4 Å². The first-order valence-corrected chi connectivity index (χ1v) is 6.92.